The van der Waals surface area contributed by atoms with Crippen molar-refractivity contribution in [1.82, 2.24) is 10.6 Å². The number of ether oxygens (including phenoxy) is 1. The van der Waals surface area contributed by atoms with Crippen molar-refractivity contribution in [2.75, 3.05) is 6.54 Å². The molecule has 0 aliphatic rings. The molecular formula is C15H22N2O4. The van der Waals surface area contributed by atoms with Gasteiger partial charge in [0.2, 0.25) is 0 Å². The zero-order valence-corrected chi connectivity index (χ0v) is 12.6. The van der Waals surface area contributed by atoms with Gasteiger partial charge in [0, 0.05) is 12.1 Å². The molecule has 0 aliphatic heterocycles. The molecule has 6 heteroatoms. The van der Waals surface area contributed by atoms with Gasteiger partial charge in [-0.05, 0) is 26.3 Å². The fraction of sp³-hybridized carbons (Fsp3) is 0.467. The van der Waals surface area contributed by atoms with Crippen LogP contribution in [0.25, 0.3) is 0 Å². The van der Waals surface area contributed by atoms with E-state index in [0.29, 0.717) is 0 Å². The third-order valence-electron chi connectivity index (χ3n) is 2.64. The first-order chi connectivity index (χ1) is 9.78. The Hall–Kier alpha value is -2.08. The van der Waals surface area contributed by atoms with E-state index in [9.17, 15) is 9.59 Å². The first-order valence-corrected chi connectivity index (χ1v) is 6.73. The maximum atomic E-state index is 11.6. The van der Waals surface area contributed by atoms with Crippen LogP contribution in [0.4, 0.5) is 4.79 Å². The van der Waals surface area contributed by atoms with Gasteiger partial charge in [-0.1, -0.05) is 30.3 Å². The van der Waals surface area contributed by atoms with E-state index in [1.165, 1.54) is 0 Å². The number of carboxylic acids is 1. The Bertz CT molecular complexity index is 468. The highest BCUT2D eigenvalue weighted by molar-refractivity contribution is 5.80. The van der Waals surface area contributed by atoms with Crippen molar-refractivity contribution in [3.8, 4) is 0 Å². The van der Waals surface area contributed by atoms with E-state index < -0.39 is 18.1 Å². The third-order valence-corrected chi connectivity index (χ3v) is 2.64. The molecular weight excluding hydrogens is 272 g/mol. The van der Waals surface area contributed by atoms with Crippen LogP contribution in [0.3, 0.4) is 0 Å². The Morgan fingerprint density at radius 1 is 1.24 bits per heavy atom. The number of alkyl carbamates (subject to hydrolysis) is 1. The first-order valence-electron chi connectivity index (χ1n) is 6.73. The lowest BCUT2D eigenvalue weighted by Gasteiger charge is -2.23. The van der Waals surface area contributed by atoms with Crippen LogP contribution >= 0.6 is 0 Å². The summed E-state index contributed by atoms with van der Waals surface area (Å²) in [6, 6.07) is 8.15. The molecule has 0 aromatic heterocycles. The Balaban J connectivity index is 2.43. The average molecular weight is 294 g/mol. The highest BCUT2D eigenvalue weighted by Crippen LogP contribution is 2.02. The van der Waals surface area contributed by atoms with Crippen molar-refractivity contribution in [3.05, 3.63) is 35.9 Å². The molecule has 0 bridgehead atoms. The summed E-state index contributed by atoms with van der Waals surface area (Å²) in [5.41, 5.74) is 0.607. The van der Waals surface area contributed by atoms with Gasteiger partial charge in [0.25, 0.3) is 0 Å². The molecule has 3 N–H and O–H groups in total. The molecule has 21 heavy (non-hydrogen) atoms. The number of nitrogens with one attached hydrogen (secondary N) is 2. The number of rotatable bonds is 6. The minimum atomic E-state index is -1.11. The summed E-state index contributed by atoms with van der Waals surface area (Å²) in [4.78, 5) is 22.7. The predicted octanol–water partition coefficient (Wildman–Crippen LogP) is 1.75. The quantitative estimate of drug-likeness (QED) is 0.744. The maximum absolute atomic E-state index is 11.6. The lowest BCUT2D eigenvalue weighted by atomic mass is 10.1. The van der Waals surface area contributed by atoms with Crippen LogP contribution < -0.4 is 10.6 Å². The second-order valence-electron chi connectivity index (χ2n) is 5.73. The van der Waals surface area contributed by atoms with Gasteiger partial charge in [0.05, 0.1) is 0 Å². The molecule has 0 heterocycles. The number of hydrogen-bond donors (Lipinski definition) is 3. The van der Waals surface area contributed by atoms with E-state index in [-0.39, 0.29) is 18.7 Å². The van der Waals surface area contributed by atoms with Crippen molar-refractivity contribution in [3.63, 3.8) is 0 Å². The van der Waals surface area contributed by atoms with Crippen molar-refractivity contribution >= 4 is 12.1 Å². The number of benzene rings is 1. The third kappa shape index (κ3) is 7.31. The Labute approximate surface area is 124 Å². The molecule has 0 aliphatic carbocycles. The minimum absolute atomic E-state index is 0.103. The van der Waals surface area contributed by atoms with E-state index in [1.54, 1.807) is 0 Å². The van der Waals surface area contributed by atoms with E-state index >= 15 is 0 Å². The SMILES string of the molecule is CC(C)(C)NCC(NC(=O)OCc1ccccc1)C(=O)O. The van der Waals surface area contributed by atoms with Crippen molar-refractivity contribution in [2.45, 2.75) is 39.0 Å². The highest BCUT2D eigenvalue weighted by atomic mass is 16.5. The largest absolute Gasteiger partial charge is 0.480 e. The Kier molecular flexibility index (Phi) is 6.17. The monoisotopic (exact) mass is 294 g/mol. The lowest BCUT2D eigenvalue weighted by Crippen LogP contribution is -2.51. The topological polar surface area (TPSA) is 87.7 Å². The summed E-state index contributed by atoms with van der Waals surface area (Å²) < 4.78 is 5.00. The van der Waals surface area contributed by atoms with Crippen LogP contribution in [0, 0.1) is 0 Å². The molecule has 0 saturated carbocycles. The number of carbonyl (C=O) groups excluding carboxylic acids is 1. The van der Waals surface area contributed by atoms with E-state index in [4.69, 9.17) is 9.84 Å². The zero-order valence-electron chi connectivity index (χ0n) is 12.6. The summed E-state index contributed by atoms with van der Waals surface area (Å²) in [5.74, 6) is -1.11. The number of carbonyl (C=O) groups is 2. The smallest absolute Gasteiger partial charge is 0.408 e. The van der Waals surface area contributed by atoms with Crippen molar-refractivity contribution < 1.29 is 19.4 Å². The molecule has 1 amide bonds. The molecule has 1 unspecified atom stereocenters. The predicted molar refractivity (Wildman–Crippen MR) is 78.9 cm³/mol. The van der Waals surface area contributed by atoms with Gasteiger partial charge in [-0.2, -0.15) is 0 Å². The van der Waals surface area contributed by atoms with Gasteiger partial charge >= 0.3 is 12.1 Å². The van der Waals surface area contributed by atoms with Crippen LogP contribution in [0.1, 0.15) is 26.3 Å². The second-order valence-corrected chi connectivity index (χ2v) is 5.73. The van der Waals surface area contributed by atoms with Gasteiger partial charge in [-0.25, -0.2) is 9.59 Å². The molecule has 1 aromatic carbocycles. The summed E-state index contributed by atoms with van der Waals surface area (Å²) in [5, 5.41) is 14.5. The molecule has 116 valence electrons. The van der Waals surface area contributed by atoms with Gasteiger partial charge in [-0.15, -0.1) is 0 Å². The lowest BCUT2D eigenvalue weighted by molar-refractivity contribution is -0.139. The molecule has 1 rings (SSSR count). The van der Waals surface area contributed by atoms with Crippen LogP contribution in [0.5, 0.6) is 0 Å². The summed E-state index contributed by atoms with van der Waals surface area (Å²) in [6.45, 7) is 5.98. The molecule has 6 nitrogen and oxygen atoms in total. The second kappa shape index (κ2) is 7.64. The molecule has 0 radical (unpaired) electrons. The number of carboxylic acid groups (broad SMARTS) is 1. The van der Waals surface area contributed by atoms with Crippen molar-refractivity contribution in [2.24, 2.45) is 0 Å². The van der Waals surface area contributed by atoms with Gasteiger partial charge in [0.1, 0.15) is 12.6 Å². The normalized spacial score (nSPS) is 12.5. The van der Waals surface area contributed by atoms with E-state index in [0.717, 1.165) is 5.56 Å². The number of amides is 1. The first kappa shape index (κ1) is 17.0. The average Bonchev–Trinajstić information content (AvgIpc) is 2.41. The number of aliphatic carboxylic acids is 1. The fourth-order valence-corrected chi connectivity index (χ4v) is 1.52. The summed E-state index contributed by atoms with van der Waals surface area (Å²) >= 11 is 0. The Morgan fingerprint density at radius 3 is 2.38 bits per heavy atom. The zero-order chi connectivity index (χ0) is 15.9. The summed E-state index contributed by atoms with van der Waals surface area (Å²) in [7, 11) is 0. The molecule has 1 aromatic rings. The molecule has 0 spiro atoms. The van der Waals surface area contributed by atoms with Gasteiger partial charge in [0.15, 0.2) is 0 Å². The number of hydrogen-bond acceptors (Lipinski definition) is 4. The van der Waals surface area contributed by atoms with E-state index in [1.807, 2.05) is 51.1 Å². The molecule has 0 fully saturated rings. The van der Waals surface area contributed by atoms with Crippen LogP contribution in [-0.4, -0.2) is 35.3 Å². The standard InChI is InChI=1S/C15H22N2O4/c1-15(2,3)16-9-12(13(18)19)17-14(20)21-10-11-7-5-4-6-8-11/h4-8,12,16H,9-10H2,1-3H3,(H,17,20)(H,18,19). The minimum Gasteiger partial charge on any atom is -0.480 e. The highest BCUT2D eigenvalue weighted by Gasteiger charge is 2.22. The molecule has 0 saturated heterocycles. The Morgan fingerprint density at radius 2 is 1.86 bits per heavy atom. The van der Waals surface area contributed by atoms with E-state index in [2.05, 4.69) is 10.6 Å². The van der Waals surface area contributed by atoms with Crippen molar-refractivity contribution in [1.29, 1.82) is 0 Å². The van der Waals surface area contributed by atoms with Gasteiger partial charge in [-0.3, -0.25) is 0 Å². The van der Waals surface area contributed by atoms with Crippen LogP contribution in [0.15, 0.2) is 30.3 Å². The molecule has 1 atom stereocenters. The fourth-order valence-electron chi connectivity index (χ4n) is 1.52. The van der Waals surface area contributed by atoms with Gasteiger partial charge < -0.3 is 20.5 Å². The van der Waals surface area contributed by atoms with Crippen LogP contribution in [0.2, 0.25) is 0 Å². The summed E-state index contributed by atoms with van der Waals surface area (Å²) in [6.07, 6.45) is -0.748. The maximum Gasteiger partial charge on any atom is 0.408 e. The van der Waals surface area contributed by atoms with Crippen LogP contribution in [-0.2, 0) is 16.1 Å².